The summed E-state index contributed by atoms with van der Waals surface area (Å²) in [7, 11) is 1.34. The Labute approximate surface area is 275 Å². The van der Waals surface area contributed by atoms with Crippen molar-refractivity contribution in [3.8, 4) is 28.6 Å². The maximum Gasteiger partial charge on any atom is 0.319 e. The van der Waals surface area contributed by atoms with Gasteiger partial charge in [-0.05, 0) is 68.3 Å². The molecule has 8 rings (SSSR count). The molecule has 4 aliphatic rings. The van der Waals surface area contributed by atoms with Crippen LogP contribution in [0.2, 0.25) is 0 Å². The number of fused-ring (bicyclic) bond motifs is 5. The Morgan fingerprint density at radius 3 is 2.85 bits per heavy atom. The van der Waals surface area contributed by atoms with E-state index in [4.69, 9.17) is 20.2 Å². The summed E-state index contributed by atoms with van der Waals surface area (Å²) in [4.78, 5) is 26.8. The van der Waals surface area contributed by atoms with Crippen molar-refractivity contribution in [2.45, 2.75) is 49.9 Å². The van der Waals surface area contributed by atoms with E-state index in [-0.39, 0.29) is 63.1 Å². The molecule has 13 heteroatoms. The van der Waals surface area contributed by atoms with E-state index in [0.717, 1.165) is 38.8 Å². The highest BCUT2D eigenvalue weighted by atomic mass is 19.1. The molecular formula is C35H37F3N6O4. The monoisotopic (exact) mass is 662 g/mol. The number of aromatic hydroxyl groups is 1. The number of hydrogen-bond acceptors (Lipinski definition) is 9. The summed E-state index contributed by atoms with van der Waals surface area (Å²) in [5.74, 6) is -2.20. The van der Waals surface area contributed by atoms with Crippen LogP contribution in [-0.4, -0.2) is 90.1 Å². The average Bonchev–Trinajstić information content (AvgIpc) is 3.69. The SMILES string of the molecule is COc1c(C(N)=O)c(-c2cc(O)cc3cccc(F)c23)c(F)c2nc(OC[C@@]34CCCN3C[C@H](F)C4)nc(N3CCC4CNC(C4)C3)c12. The molecule has 5 heterocycles. The summed E-state index contributed by atoms with van der Waals surface area (Å²) < 4.78 is 59.5. The lowest BCUT2D eigenvalue weighted by Crippen LogP contribution is -2.43. The van der Waals surface area contributed by atoms with Crippen LogP contribution >= 0.6 is 0 Å². The maximum atomic E-state index is 17.3. The van der Waals surface area contributed by atoms with Gasteiger partial charge in [0.25, 0.3) is 5.91 Å². The number of nitrogens with two attached hydrogens (primary N) is 1. The van der Waals surface area contributed by atoms with E-state index in [2.05, 4.69) is 15.2 Å². The highest BCUT2D eigenvalue weighted by Crippen LogP contribution is 2.47. The number of methoxy groups -OCH3 is 1. The molecule has 10 nitrogen and oxygen atoms in total. The lowest BCUT2D eigenvalue weighted by atomic mass is 9.90. The molecule has 0 aliphatic carbocycles. The van der Waals surface area contributed by atoms with E-state index in [1.54, 1.807) is 6.07 Å². The number of alkyl halides is 1. The predicted molar refractivity (Wildman–Crippen MR) is 174 cm³/mol. The van der Waals surface area contributed by atoms with Gasteiger partial charge in [0, 0.05) is 48.6 Å². The number of carbonyl (C=O) groups is 1. The van der Waals surface area contributed by atoms with Crippen LogP contribution in [0.15, 0.2) is 30.3 Å². The van der Waals surface area contributed by atoms with Gasteiger partial charge in [0.2, 0.25) is 0 Å². The molecule has 3 aromatic carbocycles. The molecule has 4 aliphatic heterocycles. The largest absolute Gasteiger partial charge is 0.508 e. The van der Waals surface area contributed by atoms with E-state index in [1.165, 1.54) is 31.4 Å². The second-order valence-corrected chi connectivity index (χ2v) is 13.7. The van der Waals surface area contributed by atoms with Gasteiger partial charge in [0.05, 0.1) is 23.6 Å². The van der Waals surface area contributed by atoms with E-state index in [0.29, 0.717) is 43.2 Å². The topological polar surface area (TPSA) is 126 Å². The van der Waals surface area contributed by atoms with Crippen LogP contribution < -0.4 is 25.4 Å². The smallest absolute Gasteiger partial charge is 0.319 e. The summed E-state index contributed by atoms with van der Waals surface area (Å²) in [5.41, 5.74) is 4.46. The number of halogens is 3. The number of primary amides is 1. The molecule has 2 unspecified atom stereocenters. The number of rotatable bonds is 7. The second-order valence-electron chi connectivity index (χ2n) is 13.7. The Balaban J connectivity index is 1.37. The van der Waals surface area contributed by atoms with Crippen LogP contribution in [0, 0.1) is 17.6 Å². The maximum absolute atomic E-state index is 17.3. The molecule has 0 spiro atoms. The molecule has 1 aromatic heterocycles. The van der Waals surface area contributed by atoms with E-state index in [9.17, 15) is 14.3 Å². The summed E-state index contributed by atoms with van der Waals surface area (Å²) >= 11 is 0. The summed E-state index contributed by atoms with van der Waals surface area (Å²) in [6, 6.07) is 6.88. The summed E-state index contributed by atoms with van der Waals surface area (Å²) in [6.45, 7) is 3.33. The number of amides is 1. The third-order valence-electron chi connectivity index (χ3n) is 10.7. The Kier molecular flexibility index (Phi) is 7.51. The third-order valence-corrected chi connectivity index (χ3v) is 10.7. The summed E-state index contributed by atoms with van der Waals surface area (Å²) in [5, 5.41) is 14.6. The highest BCUT2D eigenvalue weighted by Gasteiger charge is 2.49. The molecule has 4 N–H and O–H groups in total. The molecule has 4 saturated heterocycles. The first-order valence-corrected chi connectivity index (χ1v) is 16.5. The number of carbonyl (C=O) groups excluding carboxylic acids is 1. The number of phenols is 1. The molecule has 4 aromatic rings. The second kappa shape index (κ2) is 11.7. The Morgan fingerprint density at radius 2 is 2.04 bits per heavy atom. The number of anilines is 1. The minimum Gasteiger partial charge on any atom is -0.508 e. The minimum atomic E-state index is -1.01. The van der Waals surface area contributed by atoms with Gasteiger partial charge in [-0.1, -0.05) is 12.1 Å². The molecule has 4 fully saturated rings. The standard InChI is InChI=1S/C35H37F3N6O4/c1-47-31-27(32(39)46)26(23-12-22(45)11-19-4-2-5-24(37)25(19)23)29(38)30-28(31)33(43-9-6-18-10-21(16-43)40-14-18)42-34(41-30)48-17-35-7-3-8-44(35)15-20(36)13-35/h2,4-5,11-12,18,20-21,40,45H,3,6-10,13-17H2,1H3,(H2,39,46)/t18?,20-,21?,35+/m1/s1. The van der Waals surface area contributed by atoms with Gasteiger partial charge >= 0.3 is 6.01 Å². The van der Waals surface area contributed by atoms with E-state index < -0.39 is 29.3 Å². The van der Waals surface area contributed by atoms with Gasteiger partial charge in [-0.2, -0.15) is 9.97 Å². The fourth-order valence-electron chi connectivity index (χ4n) is 8.61. The number of benzene rings is 3. The van der Waals surface area contributed by atoms with Crippen molar-refractivity contribution in [1.29, 1.82) is 0 Å². The Morgan fingerprint density at radius 1 is 1.19 bits per heavy atom. The van der Waals surface area contributed by atoms with Gasteiger partial charge in [-0.25, -0.2) is 13.2 Å². The first-order chi connectivity index (χ1) is 23.2. The van der Waals surface area contributed by atoms with Crippen LogP contribution in [0.4, 0.5) is 19.0 Å². The quantitative estimate of drug-likeness (QED) is 0.259. The van der Waals surface area contributed by atoms with Crippen molar-refractivity contribution in [3.05, 3.63) is 47.5 Å². The van der Waals surface area contributed by atoms with Crippen LogP contribution in [-0.2, 0) is 0 Å². The lowest BCUT2D eigenvalue weighted by Gasteiger charge is -2.31. The van der Waals surface area contributed by atoms with Crippen molar-refractivity contribution in [3.63, 3.8) is 0 Å². The third kappa shape index (κ3) is 4.97. The van der Waals surface area contributed by atoms with Crippen LogP contribution in [0.5, 0.6) is 17.5 Å². The average molecular weight is 663 g/mol. The molecular weight excluding hydrogens is 625 g/mol. The Hall–Kier alpha value is -4.36. The van der Waals surface area contributed by atoms with Crippen molar-refractivity contribution in [2.75, 3.05) is 51.3 Å². The van der Waals surface area contributed by atoms with E-state index in [1.807, 2.05) is 4.90 Å². The number of nitrogens with zero attached hydrogens (tertiary/aromatic N) is 4. The van der Waals surface area contributed by atoms with Crippen LogP contribution in [0.1, 0.15) is 42.5 Å². The van der Waals surface area contributed by atoms with E-state index >= 15 is 8.78 Å². The zero-order chi connectivity index (χ0) is 33.3. The molecule has 2 bridgehead atoms. The molecule has 4 atom stereocenters. The number of aromatic nitrogens is 2. The molecule has 0 saturated carbocycles. The van der Waals surface area contributed by atoms with Crippen molar-refractivity contribution in [1.82, 2.24) is 20.2 Å². The summed E-state index contributed by atoms with van der Waals surface area (Å²) in [6.07, 6.45) is 2.90. The number of hydrogen-bond donors (Lipinski definition) is 3. The Bertz CT molecular complexity index is 1960. The van der Waals surface area contributed by atoms with Gasteiger partial charge in [0.15, 0.2) is 5.82 Å². The fraction of sp³-hybridized carbons (Fsp3) is 0.457. The highest BCUT2D eigenvalue weighted by molar-refractivity contribution is 6.14. The van der Waals surface area contributed by atoms with Crippen molar-refractivity contribution < 1.29 is 32.5 Å². The lowest BCUT2D eigenvalue weighted by molar-refractivity contribution is 0.0998. The molecule has 48 heavy (non-hydrogen) atoms. The van der Waals surface area contributed by atoms with Gasteiger partial charge in [-0.3, -0.25) is 9.69 Å². The van der Waals surface area contributed by atoms with Crippen LogP contribution in [0.25, 0.3) is 32.8 Å². The van der Waals surface area contributed by atoms with Crippen molar-refractivity contribution in [2.24, 2.45) is 11.7 Å². The zero-order valence-corrected chi connectivity index (χ0v) is 26.6. The van der Waals surface area contributed by atoms with Crippen molar-refractivity contribution >= 4 is 33.4 Å². The fourth-order valence-corrected chi connectivity index (χ4v) is 8.61. The predicted octanol–water partition coefficient (Wildman–Crippen LogP) is 4.68. The zero-order valence-electron chi connectivity index (χ0n) is 26.6. The number of nitrogens with one attached hydrogen (secondary N) is 1. The van der Waals surface area contributed by atoms with Gasteiger partial charge in [0.1, 0.15) is 41.4 Å². The van der Waals surface area contributed by atoms with Gasteiger partial charge < -0.3 is 30.5 Å². The molecule has 0 radical (unpaired) electrons. The number of ether oxygens (including phenoxy) is 2. The molecule has 252 valence electrons. The normalized spacial score (nSPS) is 25.5. The first-order valence-electron chi connectivity index (χ1n) is 16.5. The van der Waals surface area contributed by atoms with Crippen LogP contribution in [0.3, 0.4) is 0 Å². The first kappa shape index (κ1) is 30.9. The number of phenolic OH excluding ortho intramolecular Hbond substituents is 1. The molecule has 1 amide bonds. The van der Waals surface area contributed by atoms with Gasteiger partial charge in [-0.15, -0.1) is 0 Å². The minimum absolute atomic E-state index is 0.0130.